The molecule has 2 atom stereocenters. The van der Waals surface area contributed by atoms with E-state index < -0.39 is 5.41 Å². The van der Waals surface area contributed by atoms with Crippen molar-refractivity contribution in [3.63, 3.8) is 0 Å². The molecule has 0 unspecified atom stereocenters. The van der Waals surface area contributed by atoms with Crippen LogP contribution in [0.4, 0.5) is 0 Å². The van der Waals surface area contributed by atoms with Crippen LogP contribution >= 0.6 is 0 Å². The number of aromatic nitrogens is 2. The minimum atomic E-state index is -0.658. The van der Waals surface area contributed by atoms with E-state index in [1.807, 2.05) is 23.6 Å². The van der Waals surface area contributed by atoms with E-state index in [0.29, 0.717) is 26.2 Å². The lowest BCUT2D eigenvalue weighted by molar-refractivity contribution is -0.142. The summed E-state index contributed by atoms with van der Waals surface area (Å²) in [6, 6.07) is 1.79. The standard InChI is InChI=1S/C20H29N5O3/c1-15(2)18(27)24-11-16-10-23(17(26)12-25-9-5-6-21-25)13-20(16,14-24)19(28)22-7-3-4-8-22/h5-6,9,15-16H,3-4,7-8,10-14H2,1-2H3/t16-,20-/m1/s1. The Hall–Kier alpha value is -2.38. The Morgan fingerprint density at radius 1 is 1.07 bits per heavy atom. The highest BCUT2D eigenvalue weighted by atomic mass is 16.2. The van der Waals surface area contributed by atoms with Gasteiger partial charge in [0, 0.05) is 63.5 Å². The first-order valence-corrected chi connectivity index (χ1v) is 10.2. The molecule has 3 fully saturated rings. The summed E-state index contributed by atoms with van der Waals surface area (Å²) in [4.78, 5) is 44.5. The molecule has 0 spiro atoms. The van der Waals surface area contributed by atoms with Gasteiger partial charge in [-0.1, -0.05) is 13.8 Å². The Bertz CT molecular complexity index is 756. The number of hydrogen-bond acceptors (Lipinski definition) is 4. The van der Waals surface area contributed by atoms with Gasteiger partial charge in [-0.25, -0.2) is 0 Å². The Kier molecular flexibility index (Phi) is 4.89. The first kappa shape index (κ1) is 19.0. The molecule has 1 aromatic heterocycles. The van der Waals surface area contributed by atoms with E-state index in [1.165, 1.54) is 0 Å². The zero-order valence-corrected chi connectivity index (χ0v) is 16.7. The van der Waals surface area contributed by atoms with Crippen LogP contribution in [-0.4, -0.2) is 81.5 Å². The number of amides is 3. The molecule has 0 radical (unpaired) electrons. The van der Waals surface area contributed by atoms with Gasteiger partial charge in [-0.05, 0) is 18.9 Å². The third-order valence-corrected chi connectivity index (χ3v) is 6.44. The Labute approximate surface area is 165 Å². The average Bonchev–Trinajstić information content (AvgIpc) is 3.42. The maximum Gasteiger partial charge on any atom is 0.244 e. The van der Waals surface area contributed by atoms with Crippen LogP contribution in [0.3, 0.4) is 0 Å². The highest BCUT2D eigenvalue weighted by Gasteiger charge is 2.60. The van der Waals surface area contributed by atoms with Crippen molar-refractivity contribution in [2.75, 3.05) is 39.3 Å². The van der Waals surface area contributed by atoms with Gasteiger partial charge in [0.05, 0.1) is 5.41 Å². The molecule has 3 aliphatic rings. The van der Waals surface area contributed by atoms with Crippen molar-refractivity contribution < 1.29 is 14.4 Å². The van der Waals surface area contributed by atoms with Crippen LogP contribution in [0.5, 0.6) is 0 Å². The molecule has 3 aliphatic heterocycles. The van der Waals surface area contributed by atoms with Gasteiger partial charge >= 0.3 is 0 Å². The molecule has 0 N–H and O–H groups in total. The number of hydrogen-bond donors (Lipinski definition) is 0. The molecule has 0 aromatic carbocycles. The molecule has 3 amide bonds. The molecule has 0 bridgehead atoms. The summed E-state index contributed by atoms with van der Waals surface area (Å²) >= 11 is 0. The van der Waals surface area contributed by atoms with Gasteiger partial charge in [0.25, 0.3) is 0 Å². The van der Waals surface area contributed by atoms with Gasteiger partial charge < -0.3 is 14.7 Å². The molecule has 28 heavy (non-hydrogen) atoms. The normalized spacial score (nSPS) is 27.0. The van der Waals surface area contributed by atoms with Crippen molar-refractivity contribution in [1.82, 2.24) is 24.5 Å². The van der Waals surface area contributed by atoms with Crippen LogP contribution in [0.15, 0.2) is 18.5 Å². The fourth-order valence-corrected chi connectivity index (χ4v) is 4.96. The molecule has 1 aromatic rings. The summed E-state index contributed by atoms with van der Waals surface area (Å²) in [6.45, 7) is 7.45. The van der Waals surface area contributed by atoms with E-state index in [1.54, 1.807) is 28.0 Å². The lowest BCUT2D eigenvalue weighted by Crippen LogP contribution is -2.50. The summed E-state index contributed by atoms with van der Waals surface area (Å²) in [7, 11) is 0. The maximum atomic E-state index is 13.5. The first-order valence-electron chi connectivity index (χ1n) is 10.2. The lowest BCUT2D eigenvalue weighted by atomic mass is 9.79. The molecule has 152 valence electrons. The molecule has 8 heteroatoms. The van der Waals surface area contributed by atoms with Crippen molar-refractivity contribution >= 4 is 17.7 Å². The van der Waals surface area contributed by atoms with Crippen molar-refractivity contribution in [3.05, 3.63) is 18.5 Å². The summed E-state index contributed by atoms with van der Waals surface area (Å²) < 4.78 is 1.61. The van der Waals surface area contributed by atoms with Gasteiger partial charge in [0.2, 0.25) is 17.7 Å². The van der Waals surface area contributed by atoms with Crippen molar-refractivity contribution in [1.29, 1.82) is 0 Å². The summed E-state index contributed by atoms with van der Waals surface area (Å²) in [5, 5.41) is 4.11. The van der Waals surface area contributed by atoms with Crippen LogP contribution in [0.1, 0.15) is 26.7 Å². The van der Waals surface area contributed by atoms with E-state index in [9.17, 15) is 14.4 Å². The zero-order chi connectivity index (χ0) is 19.9. The number of fused-ring (bicyclic) bond motifs is 1. The van der Waals surface area contributed by atoms with Gasteiger partial charge in [0.15, 0.2) is 0 Å². The molecule has 0 saturated carbocycles. The Morgan fingerprint density at radius 3 is 2.39 bits per heavy atom. The molecule has 4 heterocycles. The average molecular weight is 387 g/mol. The number of rotatable bonds is 4. The van der Waals surface area contributed by atoms with Crippen LogP contribution in [0.2, 0.25) is 0 Å². The topological polar surface area (TPSA) is 78.8 Å². The van der Waals surface area contributed by atoms with Gasteiger partial charge in [0.1, 0.15) is 6.54 Å². The second-order valence-electron chi connectivity index (χ2n) is 8.70. The maximum absolute atomic E-state index is 13.5. The van der Waals surface area contributed by atoms with Crippen LogP contribution in [0, 0.1) is 17.3 Å². The Morgan fingerprint density at radius 2 is 1.75 bits per heavy atom. The summed E-state index contributed by atoms with van der Waals surface area (Å²) in [6.07, 6.45) is 5.48. The first-order chi connectivity index (χ1) is 13.4. The monoisotopic (exact) mass is 387 g/mol. The summed E-state index contributed by atoms with van der Waals surface area (Å²) in [5.41, 5.74) is -0.658. The third kappa shape index (κ3) is 3.18. The van der Waals surface area contributed by atoms with Crippen molar-refractivity contribution in [3.8, 4) is 0 Å². The van der Waals surface area contributed by atoms with Gasteiger partial charge in [-0.15, -0.1) is 0 Å². The van der Waals surface area contributed by atoms with E-state index in [-0.39, 0.29) is 36.1 Å². The van der Waals surface area contributed by atoms with Crippen LogP contribution < -0.4 is 0 Å². The fourth-order valence-electron chi connectivity index (χ4n) is 4.96. The van der Waals surface area contributed by atoms with Crippen LogP contribution in [-0.2, 0) is 20.9 Å². The zero-order valence-electron chi connectivity index (χ0n) is 16.7. The lowest BCUT2D eigenvalue weighted by Gasteiger charge is -2.32. The van der Waals surface area contributed by atoms with E-state index in [2.05, 4.69) is 5.10 Å². The molecule has 3 saturated heterocycles. The number of likely N-dealkylation sites (tertiary alicyclic amines) is 3. The molecule has 8 nitrogen and oxygen atoms in total. The Balaban J connectivity index is 1.54. The molecule has 0 aliphatic carbocycles. The van der Waals surface area contributed by atoms with Crippen molar-refractivity contribution in [2.45, 2.75) is 33.2 Å². The largest absolute Gasteiger partial charge is 0.342 e. The number of carbonyl (C=O) groups excluding carboxylic acids is 3. The minimum absolute atomic E-state index is 0.00451. The van der Waals surface area contributed by atoms with Crippen molar-refractivity contribution in [2.24, 2.45) is 17.3 Å². The van der Waals surface area contributed by atoms with Gasteiger partial charge in [-0.3, -0.25) is 19.1 Å². The highest BCUT2D eigenvalue weighted by molar-refractivity contribution is 5.88. The van der Waals surface area contributed by atoms with E-state index in [0.717, 1.165) is 25.9 Å². The minimum Gasteiger partial charge on any atom is -0.342 e. The van der Waals surface area contributed by atoms with Gasteiger partial charge in [-0.2, -0.15) is 5.10 Å². The van der Waals surface area contributed by atoms with E-state index >= 15 is 0 Å². The second-order valence-corrected chi connectivity index (χ2v) is 8.70. The predicted octanol–water partition coefficient (Wildman–Crippen LogP) is 0.449. The SMILES string of the molecule is CC(C)C(=O)N1C[C@H]2CN(C(=O)Cn3cccn3)C[C@@]2(C(=O)N2CCCC2)C1. The second kappa shape index (κ2) is 7.22. The predicted molar refractivity (Wildman–Crippen MR) is 102 cm³/mol. The number of nitrogens with zero attached hydrogens (tertiary/aromatic N) is 5. The molecular formula is C20H29N5O3. The number of carbonyl (C=O) groups is 3. The third-order valence-electron chi connectivity index (χ3n) is 6.44. The van der Waals surface area contributed by atoms with E-state index in [4.69, 9.17) is 0 Å². The summed E-state index contributed by atoms with van der Waals surface area (Å²) in [5.74, 6) is 0.120. The molecular weight excluding hydrogens is 358 g/mol. The fraction of sp³-hybridized carbons (Fsp3) is 0.700. The molecule has 4 rings (SSSR count). The van der Waals surface area contributed by atoms with Crippen LogP contribution in [0.25, 0.3) is 0 Å². The smallest absolute Gasteiger partial charge is 0.244 e. The highest BCUT2D eigenvalue weighted by Crippen LogP contribution is 2.45. The quantitative estimate of drug-likeness (QED) is 0.751.